The summed E-state index contributed by atoms with van der Waals surface area (Å²) in [5, 5.41) is 2.31. The van der Waals surface area contributed by atoms with Crippen molar-refractivity contribution in [3.63, 3.8) is 0 Å². The van der Waals surface area contributed by atoms with Crippen LogP contribution >= 0.6 is 0 Å². The Morgan fingerprint density at radius 2 is 1.16 bits per heavy atom. The van der Waals surface area contributed by atoms with Gasteiger partial charge in [-0.25, -0.2) is 0 Å². The first-order valence-corrected chi connectivity index (χ1v) is 18.5. The lowest BCUT2D eigenvalue weighted by Gasteiger charge is -2.37. The van der Waals surface area contributed by atoms with Gasteiger partial charge in [0.2, 0.25) is 0 Å². The molecule has 1 heterocycles. The first kappa shape index (κ1) is 28.9. The van der Waals surface area contributed by atoms with E-state index in [9.17, 15) is 0 Å². The van der Waals surface area contributed by atoms with Crippen LogP contribution in [-0.2, 0) is 5.41 Å². The number of para-hydroxylation sites is 2. The van der Waals surface area contributed by atoms with E-state index in [1.165, 1.54) is 59.2 Å². The van der Waals surface area contributed by atoms with Crippen LogP contribution in [0.15, 0.2) is 168 Å². The van der Waals surface area contributed by atoms with Gasteiger partial charge in [-0.1, -0.05) is 134 Å². The number of nitrogens with zero attached hydrogens (tertiary/aromatic N) is 1. The summed E-state index contributed by atoms with van der Waals surface area (Å²) in [6.07, 6.45) is 5.37. The van der Waals surface area contributed by atoms with E-state index < -0.39 is 0 Å². The summed E-state index contributed by atoms with van der Waals surface area (Å²) in [6, 6.07) is 60.1. The molecule has 11 rings (SSSR count). The van der Waals surface area contributed by atoms with E-state index in [0.717, 1.165) is 56.3 Å². The quantitative estimate of drug-likeness (QED) is 0.183. The Morgan fingerprint density at radius 1 is 0.510 bits per heavy atom. The summed E-state index contributed by atoms with van der Waals surface area (Å²) in [6.45, 7) is 0. The van der Waals surface area contributed by atoms with Crippen molar-refractivity contribution >= 4 is 39.0 Å². The molecular formula is C49H37NO. The minimum absolute atomic E-state index is 0.128. The van der Waals surface area contributed by atoms with Crippen LogP contribution in [0.3, 0.4) is 0 Å². The second-order valence-electron chi connectivity index (χ2n) is 14.9. The summed E-state index contributed by atoms with van der Waals surface area (Å²) < 4.78 is 6.44. The number of furan rings is 1. The summed E-state index contributed by atoms with van der Waals surface area (Å²) in [7, 11) is 0. The van der Waals surface area contributed by atoms with Crippen molar-refractivity contribution in [2.24, 2.45) is 11.8 Å². The number of hydrogen-bond acceptors (Lipinski definition) is 2. The van der Waals surface area contributed by atoms with E-state index in [0.29, 0.717) is 0 Å². The van der Waals surface area contributed by atoms with Crippen molar-refractivity contribution in [1.29, 1.82) is 0 Å². The Bertz CT molecular complexity index is 2600. The molecule has 0 aliphatic heterocycles. The average Bonchev–Trinajstić information content (AvgIpc) is 3.98. The van der Waals surface area contributed by atoms with E-state index in [1.54, 1.807) is 5.56 Å². The molecule has 244 valence electrons. The van der Waals surface area contributed by atoms with Crippen LogP contribution in [0, 0.1) is 11.8 Å². The van der Waals surface area contributed by atoms with Gasteiger partial charge in [0.15, 0.2) is 0 Å². The third kappa shape index (κ3) is 4.23. The molecule has 0 radical (unpaired) electrons. The molecule has 2 fully saturated rings. The molecule has 3 aliphatic carbocycles. The monoisotopic (exact) mass is 655 g/mol. The highest BCUT2D eigenvalue weighted by atomic mass is 16.3. The van der Waals surface area contributed by atoms with Gasteiger partial charge < -0.3 is 9.32 Å². The van der Waals surface area contributed by atoms with Crippen molar-refractivity contribution in [2.75, 3.05) is 4.90 Å². The average molecular weight is 656 g/mol. The van der Waals surface area contributed by atoms with Gasteiger partial charge in [0.25, 0.3) is 0 Å². The van der Waals surface area contributed by atoms with Crippen LogP contribution in [0.1, 0.15) is 36.8 Å². The zero-order chi connectivity index (χ0) is 33.5. The first-order valence-electron chi connectivity index (χ1n) is 18.5. The van der Waals surface area contributed by atoms with E-state index in [2.05, 4.69) is 163 Å². The number of anilines is 3. The van der Waals surface area contributed by atoms with Gasteiger partial charge in [-0.2, -0.15) is 0 Å². The highest BCUT2D eigenvalue weighted by Crippen LogP contribution is 2.67. The summed E-state index contributed by atoms with van der Waals surface area (Å²) >= 11 is 0. The van der Waals surface area contributed by atoms with Crippen LogP contribution in [0.4, 0.5) is 17.1 Å². The highest BCUT2D eigenvalue weighted by molar-refractivity contribution is 6.09. The zero-order valence-electron chi connectivity index (χ0n) is 28.4. The lowest BCUT2D eigenvalue weighted by atomic mass is 9.67. The van der Waals surface area contributed by atoms with Crippen molar-refractivity contribution in [2.45, 2.75) is 31.1 Å². The van der Waals surface area contributed by atoms with Crippen molar-refractivity contribution < 1.29 is 4.42 Å². The van der Waals surface area contributed by atoms with E-state index in [-0.39, 0.29) is 5.41 Å². The molecule has 0 amide bonds. The topological polar surface area (TPSA) is 16.4 Å². The van der Waals surface area contributed by atoms with Gasteiger partial charge in [0, 0.05) is 38.7 Å². The molecule has 8 aromatic rings. The Morgan fingerprint density at radius 3 is 1.94 bits per heavy atom. The van der Waals surface area contributed by atoms with Crippen molar-refractivity contribution in [3.05, 3.63) is 175 Å². The lowest BCUT2D eigenvalue weighted by Crippen LogP contribution is -2.31. The molecule has 2 bridgehead atoms. The maximum atomic E-state index is 6.44. The van der Waals surface area contributed by atoms with E-state index in [1.807, 2.05) is 6.07 Å². The Kier molecular flexibility index (Phi) is 6.28. The summed E-state index contributed by atoms with van der Waals surface area (Å²) in [5.41, 5.74) is 16.1. The molecule has 3 unspecified atom stereocenters. The minimum Gasteiger partial charge on any atom is -0.455 e. The van der Waals surface area contributed by atoms with Crippen LogP contribution in [0.5, 0.6) is 0 Å². The third-order valence-corrected chi connectivity index (χ3v) is 12.4. The fourth-order valence-corrected chi connectivity index (χ4v) is 10.2. The van der Waals surface area contributed by atoms with Gasteiger partial charge >= 0.3 is 0 Å². The standard InChI is InChI=1S/C49H37NO/c1-2-10-33(11-3-1)34-21-26-37(27-22-34)50(38-28-23-35(24-29-38)39-14-8-15-41-40-12-5-7-19-46(40)51-48(39)41)45-18-9-17-44-47(45)42-13-4-6-16-43(42)49(44)31-32-20-25-36(49)30-32/h1-19,21-24,26-29,32,36H,20,25,30-31H2. The zero-order valence-corrected chi connectivity index (χ0v) is 28.4. The largest absolute Gasteiger partial charge is 0.455 e. The first-order chi connectivity index (χ1) is 25.3. The van der Waals surface area contributed by atoms with E-state index >= 15 is 0 Å². The summed E-state index contributed by atoms with van der Waals surface area (Å²) in [4.78, 5) is 2.49. The maximum Gasteiger partial charge on any atom is 0.143 e. The van der Waals surface area contributed by atoms with Crippen LogP contribution in [0.2, 0.25) is 0 Å². The molecular weight excluding hydrogens is 619 g/mol. The molecule has 0 N–H and O–H groups in total. The molecule has 2 saturated carbocycles. The Hall–Kier alpha value is -5.86. The lowest BCUT2D eigenvalue weighted by molar-refractivity contribution is 0.327. The molecule has 2 nitrogen and oxygen atoms in total. The Labute approximate surface area is 298 Å². The SMILES string of the molecule is c1ccc(-c2ccc(N(c3ccc(-c4cccc5c4oc4ccccc45)cc3)c3cccc4c3-c3ccccc3C43CC4CCC3C4)cc2)cc1. The minimum atomic E-state index is 0.128. The molecule has 3 aliphatic rings. The number of benzene rings is 7. The molecule has 0 saturated heterocycles. The molecule has 51 heavy (non-hydrogen) atoms. The van der Waals surface area contributed by atoms with Gasteiger partial charge in [0.1, 0.15) is 11.2 Å². The van der Waals surface area contributed by atoms with Gasteiger partial charge in [-0.3, -0.25) is 0 Å². The van der Waals surface area contributed by atoms with Gasteiger partial charge in [0.05, 0.1) is 5.69 Å². The van der Waals surface area contributed by atoms with Crippen molar-refractivity contribution in [3.8, 4) is 33.4 Å². The smallest absolute Gasteiger partial charge is 0.143 e. The molecule has 2 heteroatoms. The predicted octanol–water partition coefficient (Wildman–Crippen LogP) is 13.5. The molecule has 1 spiro atoms. The fourth-order valence-electron chi connectivity index (χ4n) is 10.2. The highest BCUT2D eigenvalue weighted by Gasteiger charge is 2.57. The molecule has 3 atom stereocenters. The second kappa shape index (κ2) is 11.1. The normalized spacial score (nSPS) is 19.9. The summed E-state index contributed by atoms with van der Waals surface area (Å²) in [5.74, 6) is 1.56. The van der Waals surface area contributed by atoms with Gasteiger partial charge in [-0.05, 0) is 101 Å². The van der Waals surface area contributed by atoms with Crippen LogP contribution < -0.4 is 4.90 Å². The maximum absolute atomic E-state index is 6.44. The number of rotatable bonds is 5. The molecule has 7 aromatic carbocycles. The van der Waals surface area contributed by atoms with Gasteiger partial charge in [-0.15, -0.1) is 0 Å². The predicted molar refractivity (Wildman–Crippen MR) is 211 cm³/mol. The number of fused-ring (bicyclic) bond motifs is 11. The van der Waals surface area contributed by atoms with Crippen molar-refractivity contribution in [1.82, 2.24) is 0 Å². The fraction of sp³-hybridized carbons (Fsp3) is 0.143. The van der Waals surface area contributed by atoms with E-state index in [4.69, 9.17) is 4.42 Å². The third-order valence-electron chi connectivity index (χ3n) is 12.4. The van der Waals surface area contributed by atoms with Crippen LogP contribution in [-0.4, -0.2) is 0 Å². The Balaban J connectivity index is 1.08. The van der Waals surface area contributed by atoms with Crippen LogP contribution in [0.25, 0.3) is 55.3 Å². The number of hydrogen-bond donors (Lipinski definition) is 0. The molecule has 1 aromatic heterocycles. The second-order valence-corrected chi connectivity index (χ2v) is 14.9.